The number of carbonyl (C=O) groups excluding carboxylic acids is 1. The van der Waals surface area contributed by atoms with E-state index in [1.165, 1.54) is 6.92 Å². The van der Waals surface area contributed by atoms with E-state index >= 15 is 0 Å². The summed E-state index contributed by atoms with van der Waals surface area (Å²) in [5.41, 5.74) is 4.06. The molecular formula is C19H21F3N6O2. The Labute approximate surface area is 171 Å². The molecule has 30 heavy (non-hydrogen) atoms. The van der Waals surface area contributed by atoms with Gasteiger partial charge in [-0.15, -0.1) is 5.12 Å². The van der Waals surface area contributed by atoms with Gasteiger partial charge in [0.25, 0.3) is 0 Å². The molecule has 0 saturated carbocycles. The maximum absolute atomic E-state index is 13.6. The quantitative estimate of drug-likeness (QED) is 0.705. The van der Waals surface area contributed by atoms with E-state index in [2.05, 4.69) is 15.7 Å². The van der Waals surface area contributed by atoms with Crippen LogP contribution < -0.4 is 15.8 Å². The van der Waals surface area contributed by atoms with Gasteiger partial charge in [-0.2, -0.15) is 18.4 Å². The van der Waals surface area contributed by atoms with Gasteiger partial charge in [-0.05, 0) is 24.1 Å². The van der Waals surface area contributed by atoms with Gasteiger partial charge < -0.3 is 10.1 Å². The van der Waals surface area contributed by atoms with Gasteiger partial charge in [-0.3, -0.25) is 15.2 Å². The Hall–Kier alpha value is -3.26. The third-order valence-electron chi connectivity index (χ3n) is 4.80. The molecule has 2 heterocycles. The first kappa shape index (κ1) is 21.4. The van der Waals surface area contributed by atoms with Crippen molar-refractivity contribution >= 4 is 22.9 Å². The summed E-state index contributed by atoms with van der Waals surface area (Å²) in [5.74, 6) is -0.452. The van der Waals surface area contributed by atoms with Crippen molar-refractivity contribution in [2.45, 2.75) is 25.9 Å². The van der Waals surface area contributed by atoms with Gasteiger partial charge in [0.2, 0.25) is 5.91 Å². The Balaban J connectivity index is 1.94. The average molecular weight is 422 g/mol. The molecule has 11 heteroatoms. The first-order valence-corrected chi connectivity index (χ1v) is 9.19. The third-order valence-corrected chi connectivity index (χ3v) is 4.80. The van der Waals surface area contributed by atoms with Crippen molar-refractivity contribution in [3.63, 3.8) is 0 Å². The molecule has 0 fully saturated rings. The minimum atomic E-state index is -4.61. The molecule has 0 saturated heterocycles. The molecule has 8 nitrogen and oxygen atoms in total. The molecule has 1 aliphatic heterocycles. The molecule has 2 aliphatic rings. The van der Waals surface area contributed by atoms with Crippen molar-refractivity contribution in [3.05, 3.63) is 34.9 Å². The zero-order valence-electron chi connectivity index (χ0n) is 16.7. The smallest absolute Gasteiger partial charge is 0.419 e. The normalized spacial score (nSPS) is 16.6. The number of rotatable bonds is 5. The van der Waals surface area contributed by atoms with Gasteiger partial charge >= 0.3 is 6.18 Å². The number of fused-ring (bicyclic) bond motifs is 1. The second-order valence-corrected chi connectivity index (χ2v) is 6.86. The van der Waals surface area contributed by atoms with E-state index in [0.29, 0.717) is 22.6 Å². The van der Waals surface area contributed by atoms with Crippen LogP contribution in [0.3, 0.4) is 0 Å². The number of anilines is 2. The molecule has 1 amide bonds. The summed E-state index contributed by atoms with van der Waals surface area (Å²) in [6.45, 7) is 1.38. The van der Waals surface area contributed by atoms with Gasteiger partial charge in [-0.1, -0.05) is 0 Å². The van der Waals surface area contributed by atoms with Crippen LogP contribution in [-0.4, -0.2) is 49.4 Å². The van der Waals surface area contributed by atoms with Crippen LogP contribution in [0.2, 0.25) is 0 Å². The van der Waals surface area contributed by atoms with E-state index in [4.69, 9.17) is 4.74 Å². The average Bonchev–Trinajstić information content (AvgIpc) is 2.98. The van der Waals surface area contributed by atoms with Crippen molar-refractivity contribution in [2.75, 3.05) is 37.7 Å². The molecule has 2 N–H and O–H groups in total. The SMILES string of the molecule is CC(=O)NCCOC1=C(C(F)(F)F)C=C(c2cc3c(c(C#N)n2)NN(C)N3C)CC1. The van der Waals surface area contributed by atoms with Crippen molar-refractivity contribution < 1.29 is 22.7 Å². The number of nitriles is 1. The van der Waals surface area contributed by atoms with Crippen LogP contribution in [0.15, 0.2) is 23.5 Å². The Bertz CT molecular complexity index is 964. The number of nitrogens with one attached hydrogen (secondary N) is 2. The number of carbonyl (C=O) groups is 1. The molecule has 1 aromatic rings. The van der Waals surface area contributed by atoms with E-state index in [9.17, 15) is 23.2 Å². The van der Waals surface area contributed by atoms with E-state index in [-0.39, 0.29) is 43.4 Å². The highest BCUT2D eigenvalue weighted by Crippen LogP contribution is 2.41. The van der Waals surface area contributed by atoms with Crippen LogP contribution >= 0.6 is 0 Å². The van der Waals surface area contributed by atoms with Crippen LogP contribution in [0.4, 0.5) is 24.5 Å². The number of allylic oxidation sites excluding steroid dienone is 4. The summed E-state index contributed by atoms with van der Waals surface area (Å²) in [6, 6.07) is 3.66. The number of alkyl halides is 3. The van der Waals surface area contributed by atoms with E-state index in [1.54, 1.807) is 30.3 Å². The van der Waals surface area contributed by atoms with Crippen LogP contribution in [0, 0.1) is 11.3 Å². The van der Waals surface area contributed by atoms with Gasteiger partial charge in [0, 0.05) is 27.4 Å². The van der Waals surface area contributed by atoms with Crippen molar-refractivity contribution in [1.29, 1.82) is 5.26 Å². The molecule has 0 aromatic carbocycles. The summed E-state index contributed by atoms with van der Waals surface area (Å²) in [7, 11) is 3.51. The Kier molecular flexibility index (Phi) is 5.89. The van der Waals surface area contributed by atoms with Gasteiger partial charge in [0.1, 0.15) is 24.1 Å². The lowest BCUT2D eigenvalue weighted by Crippen LogP contribution is -2.34. The first-order valence-electron chi connectivity index (χ1n) is 9.19. The number of ether oxygens (including phenoxy) is 1. The third kappa shape index (κ3) is 4.33. The summed E-state index contributed by atoms with van der Waals surface area (Å²) >= 11 is 0. The van der Waals surface area contributed by atoms with E-state index < -0.39 is 11.7 Å². The van der Waals surface area contributed by atoms with Crippen LogP contribution in [-0.2, 0) is 9.53 Å². The number of aromatic nitrogens is 1. The highest BCUT2D eigenvalue weighted by molar-refractivity contribution is 5.81. The fourth-order valence-corrected chi connectivity index (χ4v) is 3.24. The highest BCUT2D eigenvalue weighted by Gasteiger charge is 2.38. The van der Waals surface area contributed by atoms with E-state index in [0.717, 1.165) is 6.08 Å². The predicted molar refractivity (Wildman–Crippen MR) is 104 cm³/mol. The minimum Gasteiger partial charge on any atom is -0.495 e. The number of halogens is 3. The van der Waals surface area contributed by atoms with Crippen LogP contribution in [0.1, 0.15) is 31.2 Å². The topological polar surface area (TPSA) is 93.5 Å². The van der Waals surface area contributed by atoms with Crippen LogP contribution in [0.5, 0.6) is 0 Å². The fourth-order valence-electron chi connectivity index (χ4n) is 3.24. The zero-order valence-corrected chi connectivity index (χ0v) is 16.7. The maximum atomic E-state index is 13.6. The minimum absolute atomic E-state index is 0.0371. The second kappa shape index (κ2) is 8.23. The standard InChI is InChI=1S/C19H21F3N6O2/c1-11(29)24-6-7-30-17-5-4-12(8-13(17)19(20,21)22)14-9-16-18(15(10-23)25-14)26-28(3)27(16)2/h8-9,26H,4-7H2,1-3H3,(H,24,29). The number of hydrazine groups is 2. The highest BCUT2D eigenvalue weighted by atomic mass is 19.4. The summed E-state index contributed by atoms with van der Waals surface area (Å²) in [5, 5.41) is 15.3. The molecule has 3 rings (SSSR count). The monoisotopic (exact) mass is 422 g/mol. The Morgan fingerprint density at radius 1 is 1.40 bits per heavy atom. The fraction of sp³-hybridized carbons (Fsp3) is 0.421. The molecule has 0 bridgehead atoms. The van der Waals surface area contributed by atoms with Crippen LogP contribution in [0.25, 0.3) is 5.57 Å². The molecule has 0 unspecified atom stereocenters. The molecule has 1 aromatic heterocycles. The molecule has 0 spiro atoms. The number of nitrogens with zero attached hydrogens (tertiary/aromatic N) is 4. The molecule has 0 atom stereocenters. The number of pyridine rings is 1. The summed E-state index contributed by atoms with van der Waals surface area (Å²) < 4.78 is 46.2. The summed E-state index contributed by atoms with van der Waals surface area (Å²) in [4.78, 5) is 15.2. The van der Waals surface area contributed by atoms with Gasteiger partial charge in [-0.25, -0.2) is 4.98 Å². The van der Waals surface area contributed by atoms with Gasteiger partial charge in [0.05, 0.1) is 23.5 Å². The first-order chi connectivity index (χ1) is 14.1. The predicted octanol–water partition coefficient (Wildman–Crippen LogP) is 2.72. The number of hydrogen-bond acceptors (Lipinski definition) is 7. The van der Waals surface area contributed by atoms with Crippen molar-refractivity contribution in [3.8, 4) is 6.07 Å². The number of hydrogen-bond donors (Lipinski definition) is 2. The largest absolute Gasteiger partial charge is 0.495 e. The lowest BCUT2D eigenvalue weighted by Gasteiger charge is -2.23. The van der Waals surface area contributed by atoms with E-state index in [1.807, 2.05) is 6.07 Å². The molecule has 0 radical (unpaired) electrons. The molecule has 160 valence electrons. The lowest BCUT2D eigenvalue weighted by molar-refractivity contribution is -0.119. The summed E-state index contributed by atoms with van der Waals surface area (Å²) in [6.07, 6.45) is -3.27. The Morgan fingerprint density at radius 2 is 2.13 bits per heavy atom. The maximum Gasteiger partial charge on any atom is 0.419 e. The molecular weight excluding hydrogens is 401 g/mol. The number of amides is 1. The van der Waals surface area contributed by atoms with Crippen molar-refractivity contribution in [2.24, 2.45) is 0 Å². The lowest BCUT2D eigenvalue weighted by atomic mass is 9.94. The van der Waals surface area contributed by atoms with Gasteiger partial charge in [0.15, 0.2) is 5.69 Å². The zero-order chi connectivity index (χ0) is 22.1. The van der Waals surface area contributed by atoms with Crippen molar-refractivity contribution in [1.82, 2.24) is 15.4 Å². The Morgan fingerprint density at radius 3 is 2.77 bits per heavy atom. The second-order valence-electron chi connectivity index (χ2n) is 6.86. The molecule has 1 aliphatic carbocycles.